The monoisotopic (exact) mass is 463 g/mol. The zero-order valence-corrected chi connectivity index (χ0v) is 18.9. The molecule has 0 N–H and O–H groups in total. The fourth-order valence-electron chi connectivity index (χ4n) is 3.65. The summed E-state index contributed by atoms with van der Waals surface area (Å²) in [5.41, 5.74) is 2.86. The summed E-state index contributed by atoms with van der Waals surface area (Å²) in [7, 11) is 0. The van der Waals surface area contributed by atoms with Crippen molar-refractivity contribution in [2.45, 2.75) is 10.1 Å². The molecule has 1 aliphatic heterocycles. The van der Waals surface area contributed by atoms with Gasteiger partial charge in [-0.15, -0.1) is 11.3 Å². The summed E-state index contributed by atoms with van der Waals surface area (Å²) in [4.78, 5) is 33.5. The molecule has 4 aromatic rings. The third kappa shape index (κ3) is 4.42. The number of carbonyl (C=O) groups excluding carboxylic acids is 2. The Labute approximate surface area is 193 Å². The molecule has 1 fully saturated rings. The first-order valence-electron chi connectivity index (χ1n) is 10.4. The smallest absolute Gasteiger partial charge is 0.289 e. The van der Waals surface area contributed by atoms with Gasteiger partial charge in [-0.1, -0.05) is 36.0 Å². The second-order valence-corrected chi connectivity index (χ2v) is 9.75. The van der Waals surface area contributed by atoms with E-state index in [-0.39, 0.29) is 11.8 Å². The molecular formula is C24H21N3O3S2. The van der Waals surface area contributed by atoms with Gasteiger partial charge in [0.25, 0.3) is 11.8 Å². The summed E-state index contributed by atoms with van der Waals surface area (Å²) in [5.74, 6) is 1.02. The van der Waals surface area contributed by atoms with Crippen molar-refractivity contribution in [2.75, 3.05) is 26.2 Å². The van der Waals surface area contributed by atoms with Crippen LogP contribution in [0.5, 0.6) is 0 Å². The summed E-state index contributed by atoms with van der Waals surface area (Å²) in [6.07, 6.45) is 1.49. The van der Waals surface area contributed by atoms with Gasteiger partial charge in [-0.25, -0.2) is 4.98 Å². The Bertz CT molecular complexity index is 1190. The van der Waals surface area contributed by atoms with Gasteiger partial charge in [-0.3, -0.25) is 9.59 Å². The molecule has 1 saturated heterocycles. The molecule has 6 nitrogen and oxygen atoms in total. The third-order valence-electron chi connectivity index (χ3n) is 5.42. The van der Waals surface area contributed by atoms with E-state index in [9.17, 15) is 9.59 Å². The zero-order chi connectivity index (χ0) is 21.9. The minimum absolute atomic E-state index is 0.000439. The molecule has 1 aliphatic rings. The molecule has 0 unspecified atom stereocenters. The van der Waals surface area contributed by atoms with Crippen LogP contribution in [0, 0.1) is 0 Å². The van der Waals surface area contributed by atoms with E-state index in [0.717, 1.165) is 21.2 Å². The number of aromatic nitrogens is 1. The Morgan fingerprint density at radius 2 is 1.62 bits per heavy atom. The third-order valence-corrected chi connectivity index (χ3v) is 7.67. The van der Waals surface area contributed by atoms with E-state index >= 15 is 0 Å². The van der Waals surface area contributed by atoms with Gasteiger partial charge in [-0.05, 0) is 42.0 Å². The van der Waals surface area contributed by atoms with Crippen LogP contribution >= 0.6 is 23.1 Å². The zero-order valence-electron chi connectivity index (χ0n) is 17.3. The van der Waals surface area contributed by atoms with Crippen LogP contribution in [0.25, 0.3) is 10.2 Å². The number of thioether (sulfide) groups is 1. The lowest BCUT2D eigenvalue weighted by Gasteiger charge is -2.34. The summed E-state index contributed by atoms with van der Waals surface area (Å²) < 4.78 is 7.44. The van der Waals surface area contributed by atoms with E-state index < -0.39 is 0 Å². The van der Waals surface area contributed by atoms with E-state index in [2.05, 4.69) is 11.1 Å². The van der Waals surface area contributed by atoms with Gasteiger partial charge < -0.3 is 14.2 Å². The molecule has 0 atom stereocenters. The highest BCUT2D eigenvalue weighted by atomic mass is 32.2. The Kier molecular flexibility index (Phi) is 5.96. The first-order chi connectivity index (χ1) is 15.7. The van der Waals surface area contributed by atoms with Crippen molar-refractivity contribution in [3.8, 4) is 0 Å². The molecule has 3 heterocycles. The summed E-state index contributed by atoms with van der Waals surface area (Å²) in [5, 5.41) is 0. The highest BCUT2D eigenvalue weighted by Gasteiger charge is 2.26. The molecule has 162 valence electrons. The van der Waals surface area contributed by atoms with Crippen LogP contribution in [0.4, 0.5) is 0 Å². The number of amides is 2. The average molecular weight is 464 g/mol. The summed E-state index contributed by atoms with van der Waals surface area (Å²) in [6.45, 7) is 2.03. The van der Waals surface area contributed by atoms with Crippen LogP contribution in [-0.2, 0) is 5.75 Å². The number of thiazole rings is 1. The molecule has 2 aromatic heterocycles. The largest absolute Gasteiger partial charge is 0.459 e. The van der Waals surface area contributed by atoms with Crippen molar-refractivity contribution >= 4 is 45.1 Å². The number of carbonyl (C=O) groups is 2. The van der Waals surface area contributed by atoms with Gasteiger partial charge in [0.15, 0.2) is 10.1 Å². The Hall–Kier alpha value is -3.10. The maximum atomic E-state index is 12.9. The van der Waals surface area contributed by atoms with Crippen molar-refractivity contribution in [2.24, 2.45) is 0 Å². The minimum Gasteiger partial charge on any atom is -0.459 e. The van der Waals surface area contributed by atoms with E-state index in [1.807, 2.05) is 42.5 Å². The van der Waals surface area contributed by atoms with Gasteiger partial charge in [0.05, 0.1) is 16.5 Å². The second-order valence-electron chi connectivity index (χ2n) is 7.49. The van der Waals surface area contributed by atoms with Crippen molar-refractivity contribution < 1.29 is 14.0 Å². The van der Waals surface area contributed by atoms with E-state index in [4.69, 9.17) is 4.42 Å². The number of hydrogen-bond donors (Lipinski definition) is 0. The number of benzene rings is 2. The van der Waals surface area contributed by atoms with Crippen molar-refractivity contribution in [3.05, 3.63) is 83.8 Å². The van der Waals surface area contributed by atoms with Gasteiger partial charge in [0, 0.05) is 37.5 Å². The molecule has 2 aromatic carbocycles. The quantitative estimate of drug-likeness (QED) is 0.399. The normalized spacial score (nSPS) is 14.1. The molecule has 0 aliphatic carbocycles. The number of hydrogen-bond acceptors (Lipinski definition) is 6. The lowest BCUT2D eigenvalue weighted by Crippen LogP contribution is -2.50. The van der Waals surface area contributed by atoms with Crippen LogP contribution < -0.4 is 0 Å². The minimum atomic E-state index is -0.128. The Morgan fingerprint density at radius 3 is 2.31 bits per heavy atom. The van der Waals surface area contributed by atoms with Crippen LogP contribution in [0.2, 0.25) is 0 Å². The van der Waals surface area contributed by atoms with Gasteiger partial charge >= 0.3 is 0 Å². The van der Waals surface area contributed by atoms with E-state index in [1.165, 1.54) is 11.0 Å². The first-order valence-corrected chi connectivity index (χ1v) is 12.2. The fraction of sp³-hybridized carbons (Fsp3) is 0.208. The van der Waals surface area contributed by atoms with Crippen LogP contribution in [-0.4, -0.2) is 52.8 Å². The number of piperazine rings is 1. The number of fused-ring (bicyclic) bond motifs is 1. The van der Waals surface area contributed by atoms with Gasteiger partial charge in [0.2, 0.25) is 0 Å². The molecular weight excluding hydrogens is 442 g/mol. The standard InChI is InChI=1S/C24H21N3O3S2/c28-22(26-11-13-27(14-12-26)23(29)20-5-3-15-30-20)18-9-7-17(8-10-18)16-31-24-25-19-4-1-2-6-21(19)32-24/h1-10,15H,11-14,16H2. The topological polar surface area (TPSA) is 66.7 Å². The maximum absolute atomic E-state index is 12.9. The summed E-state index contributed by atoms with van der Waals surface area (Å²) >= 11 is 3.41. The lowest BCUT2D eigenvalue weighted by molar-refractivity contribution is 0.0518. The highest BCUT2D eigenvalue weighted by molar-refractivity contribution is 8.00. The predicted molar refractivity (Wildman–Crippen MR) is 126 cm³/mol. The van der Waals surface area contributed by atoms with Crippen LogP contribution in [0.3, 0.4) is 0 Å². The number of furan rings is 1. The first kappa shape index (κ1) is 20.8. The predicted octanol–water partition coefficient (Wildman–Crippen LogP) is 4.78. The maximum Gasteiger partial charge on any atom is 0.289 e. The average Bonchev–Trinajstić information content (AvgIpc) is 3.52. The van der Waals surface area contributed by atoms with E-state index in [1.54, 1.807) is 45.0 Å². The number of rotatable bonds is 5. The van der Waals surface area contributed by atoms with E-state index in [0.29, 0.717) is 37.5 Å². The molecule has 0 spiro atoms. The summed E-state index contributed by atoms with van der Waals surface area (Å²) in [6, 6.07) is 19.3. The van der Waals surface area contributed by atoms with Crippen molar-refractivity contribution in [1.82, 2.24) is 14.8 Å². The Balaban J connectivity index is 1.15. The molecule has 0 bridgehead atoms. The van der Waals surface area contributed by atoms with Gasteiger partial charge in [-0.2, -0.15) is 0 Å². The molecule has 8 heteroatoms. The number of nitrogens with zero attached hydrogens (tertiary/aromatic N) is 3. The highest BCUT2D eigenvalue weighted by Crippen LogP contribution is 2.31. The molecule has 5 rings (SSSR count). The van der Waals surface area contributed by atoms with Crippen LogP contribution in [0.15, 0.2) is 75.7 Å². The fourth-order valence-corrected chi connectivity index (χ4v) is 5.68. The lowest BCUT2D eigenvalue weighted by atomic mass is 10.1. The van der Waals surface area contributed by atoms with Crippen molar-refractivity contribution in [1.29, 1.82) is 0 Å². The van der Waals surface area contributed by atoms with Crippen molar-refractivity contribution in [3.63, 3.8) is 0 Å². The molecule has 32 heavy (non-hydrogen) atoms. The molecule has 2 amide bonds. The molecule has 0 saturated carbocycles. The molecule has 0 radical (unpaired) electrons. The number of para-hydroxylation sites is 1. The van der Waals surface area contributed by atoms with Gasteiger partial charge in [0.1, 0.15) is 0 Å². The SMILES string of the molecule is O=C(c1ccc(CSc2nc3ccccc3s2)cc1)N1CCN(C(=O)c2ccco2)CC1. The second kappa shape index (κ2) is 9.18. The van der Waals surface area contributed by atoms with Crippen LogP contribution in [0.1, 0.15) is 26.5 Å². The Morgan fingerprint density at radius 1 is 0.906 bits per heavy atom.